The number of halogens is 1. The fraction of sp³-hybridized carbons (Fsp3) is 0.538. The summed E-state index contributed by atoms with van der Waals surface area (Å²) in [7, 11) is 0. The Hall–Kier alpha value is -1.13. The third-order valence-electron chi connectivity index (χ3n) is 2.72. The van der Waals surface area contributed by atoms with Crippen LogP contribution in [0.5, 0.6) is 0 Å². The molecule has 2 N–H and O–H groups in total. The van der Waals surface area contributed by atoms with Crippen LogP contribution in [0.4, 0.5) is 10.1 Å². The van der Waals surface area contributed by atoms with Gasteiger partial charge in [0, 0.05) is 18.2 Å². The standard InChI is InChI=1S/C13H20FNO2/c1-9(2)15(7-8-16)13-11(10(3)17)5-4-6-12(13)14/h4-6,9-10,16-17H,7-8H2,1-3H3/t10-/m1/s1. The first kappa shape index (κ1) is 13.9. The molecule has 0 aromatic heterocycles. The number of nitrogens with zero attached hydrogens (tertiary/aromatic N) is 1. The van der Waals surface area contributed by atoms with E-state index in [0.29, 0.717) is 17.8 Å². The highest BCUT2D eigenvalue weighted by Crippen LogP contribution is 2.30. The maximum atomic E-state index is 13.9. The van der Waals surface area contributed by atoms with E-state index >= 15 is 0 Å². The SMILES string of the molecule is CC(C)N(CCO)c1c(F)cccc1[C@@H](C)O. The highest BCUT2D eigenvalue weighted by Gasteiger charge is 2.20. The van der Waals surface area contributed by atoms with E-state index in [1.807, 2.05) is 13.8 Å². The van der Waals surface area contributed by atoms with Crippen molar-refractivity contribution in [2.45, 2.75) is 32.9 Å². The fourth-order valence-corrected chi connectivity index (χ4v) is 1.91. The first-order chi connectivity index (χ1) is 7.99. The quantitative estimate of drug-likeness (QED) is 0.829. The van der Waals surface area contributed by atoms with E-state index in [1.165, 1.54) is 6.07 Å². The molecule has 0 saturated heterocycles. The summed E-state index contributed by atoms with van der Waals surface area (Å²) in [5.41, 5.74) is 0.929. The molecule has 1 atom stereocenters. The van der Waals surface area contributed by atoms with Crippen LogP contribution in [0.3, 0.4) is 0 Å². The lowest BCUT2D eigenvalue weighted by atomic mass is 10.1. The first-order valence-corrected chi connectivity index (χ1v) is 5.83. The Morgan fingerprint density at radius 2 is 1.94 bits per heavy atom. The van der Waals surface area contributed by atoms with Crippen molar-refractivity contribution in [1.29, 1.82) is 0 Å². The van der Waals surface area contributed by atoms with E-state index in [4.69, 9.17) is 5.11 Å². The van der Waals surface area contributed by atoms with Crippen molar-refractivity contribution in [1.82, 2.24) is 0 Å². The van der Waals surface area contributed by atoms with Crippen molar-refractivity contribution in [3.8, 4) is 0 Å². The van der Waals surface area contributed by atoms with E-state index < -0.39 is 6.10 Å². The van der Waals surface area contributed by atoms with Crippen LogP contribution in [-0.4, -0.2) is 29.4 Å². The van der Waals surface area contributed by atoms with Crippen LogP contribution in [0, 0.1) is 5.82 Å². The Morgan fingerprint density at radius 3 is 2.41 bits per heavy atom. The molecule has 0 saturated carbocycles. The van der Waals surface area contributed by atoms with E-state index in [9.17, 15) is 9.50 Å². The van der Waals surface area contributed by atoms with Crippen LogP contribution in [0.15, 0.2) is 18.2 Å². The molecule has 0 radical (unpaired) electrons. The second-order valence-electron chi connectivity index (χ2n) is 4.36. The van der Waals surface area contributed by atoms with Crippen molar-refractivity contribution < 1.29 is 14.6 Å². The largest absolute Gasteiger partial charge is 0.395 e. The van der Waals surface area contributed by atoms with E-state index in [-0.39, 0.29) is 18.5 Å². The molecule has 96 valence electrons. The molecule has 1 aromatic rings. The third kappa shape index (κ3) is 3.17. The smallest absolute Gasteiger partial charge is 0.146 e. The molecular weight excluding hydrogens is 221 g/mol. The summed E-state index contributed by atoms with van der Waals surface area (Å²) in [6.45, 7) is 5.75. The molecular formula is C13H20FNO2. The minimum Gasteiger partial charge on any atom is -0.395 e. The summed E-state index contributed by atoms with van der Waals surface area (Å²) >= 11 is 0. The molecule has 0 spiro atoms. The summed E-state index contributed by atoms with van der Waals surface area (Å²) in [5.74, 6) is -0.370. The molecule has 0 aliphatic heterocycles. The molecule has 0 bridgehead atoms. The Labute approximate surface area is 101 Å². The molecule has 0 amide bonds. The molecule has 3 nitrogen and oxygen atoms in total. The van der Waals surface area contributed by atoms with Gasteiger partial charge in [-0.1, -0.05) is 12.1 Å². The van der Waals surface area contributed by atoms with E-state index in [2.05, 4.69) is 0 Å². The first-order valence-electron chi connectivity index (χ1n) is 5.83. The second kappa shape index (κ2) is 5.98. The number of benzene rings is 1. The Morgan fingerprint density at radius 1 is 1.29 bits per heavy atom. The highest BCUT2D eigenvalue weighted by atomic mass is 19.1. The lowest BCUT2D eigenvalue weighted by molar-refractivity contribution is 0.199. The van der Waals surface area contributed by atoms with Gasteiger partial charge in [-0.15, -0.1) is 0 Å². The van der Waals surface area contributed by atoms with Gasteiger partial charge in [-0.05, 0) is 26.8 Å². The average molecular weight is 241 g/mol. The van der Waals surface area contributed by atoms with Crippen molar-refractivity contribution >= 4 is 5.69 Å². The molecule has 1 rings (SSSR count). The van der Waals surface area contributed by atoms with Gasteiger partial charge in [-0.3, -0.25) is 0 Å². The van der Waals surface area contributed by atoms with Gasteiger partial charge in [0.15, 0.2) is 0 Å². The number of hydrogen-bond acceptors (Lipinski definition) is 3. The molecule has 0 aliphatic carbocycles. The molecule has 17 heavy (non-hydrogen) atoms. The number of hydrogen-bond donors (Lipinski definition) is 2. The lowest BCUT2D eigenvalue weighted by Gasteiger charge is -2.31. The number of aliphatic hydroxyl groups excluding tert-OH is 2. The minimum atomic E-state index is -0.736. The van der Waals surface area contributed by atoms with Crippen LogP contribution in [-0.2, 0) is 0 Å². The van der Waals surface area contributed by atoms with E-state index in [0.717, 1.165) is 0 Å². The summed E-state index contributed by atoms with van der Waals surface area (Å²) in [6.07, 6.45) is -0.736. The number of rotatable bonds is 5. The third-order valence-corrected chi connectivity index (χ3v) is 2.72. The zero-order valence-electron chi connectivity index (χ0n) is 10.5. The van der Waals surface area contributed by atoms with Crippen LogP contribution in [0.1, 0.15) is 32.4 Å². The van der Waals surface area contributed by atoms with Crippen LogP contribution < -0.4 is 4.90 Å². The predicted molar refractivity (Wildman–Crippen MR) is 66.6 cm³/mol. The van der Waals surface area contributed by atoms with Crippen LogP contribution in [0.2, 0.25) is 0 Å². The molecule has 0 aliphatic rings. The topological polar surface area (TPSA) is 43.7 Å². The molecule has 4 heteroatoms. The summed E-state index contributed by atoms with van der Waals surface area (Å²) in [5, 5.41) is 18.7. The van der Waals surface area contributed by atoms with Crippen molar-refractivity contribution in [3.63, 3.8) is 0 Å². The van der Waals surface area contributed by atoms with Gasteiger partial charge in [0.1, 0.15) is 5.82 Å². The number of aliphatic hydroxyl groups is 2. The Bertz CT molecular complexity index is 366. The normalized spacial score (nSPS) is 12.9. The van der Waals surface area contributed by atoms with Crippen LogP contribution in [0.25, 0.3) is 0 Å². The highest BCUT2D eigenvalue weighted by molar-refractivity contribution is 5.56. The van der Waals surface area contributed by atoms with Crippen molar-refractivity contribution in [2.75, 3.05) is 18.1 Å². The second-order valence-corrected chi connectivity index (χ2v) is 4.36. The Kier molecular flexibility index (Phi) is 4.90. The van der Waals surface area contributed by atoms with E-state index in [1.54, 1.807) is 24.0 Å². The van der Waals surface area contributed by atoms with Crippen molar-refractivity contribution in [3.05, 3.63) is 29.6 Å². The summed E-state index contributed by atoms with van der Waals surface area (Å²) in [4.78, 5) is 1.76. The lowest BCUT2D eigenvalue weighted by Crippen LogP contribution is -2.35. The van der Waals surface area contributed by atoms with Crippen molar-refractivity contribution in [2.24, 2.45) is 0 Å². The van der Waals surface area contributed by atoms with Crippen LogP contribution >= 0.6 is 0 Å². The monoisotopic (exact) mass is 241 g/mol. The zero-order chi connectivity index (χ0) is 13.0. The number of anilines is 1. The molecule has 0 heterocycles. The minimum absolute atomic E-state index is 0.0498. The zero-order valence-corrected chi connectivity index (χ0v) is 10.5. The predicted octanol–water partition coefficient (Wildman–Crippen LogP) is 2.09. The summed E-state index contributed by atoms with van der Waals surface area (Å²) < 4.78 is 13.9. The summed E-state index contributed by atoms with van der Waals surface area (Å²) in [6, 6.07) is 4.71. The molecule has 0 unspecified atom stereocenters. The van der Waals surface area contributed by atoms with Gasteiger partial charge >= 0.3 is 0 Å². The van der Waals surface area contributed by atoms with Gasteiger partial charge in [-0.2, -0.15) is 0 Å². The van der Waals surface area contributed by atoms with Gasteiger partial charge in [0.2, 0.25) is 0 Å². The van der Waals surface area contributed by atoms with Gasteiger partial charge < -0.3 is 15.1 Å². The fourth-order valence-electron chi connectivity index (χ4n) is 1.91. The van der Waals surface area contributed by atoms with Gasteiger partial charge in [0.25, 0.3) is 0 Å². The Balaban J connectivity index is 3.25. The van der Waals surface area contributed by atoms with Gasteiger partial charge in [0.05, 0.1) is 18.4 Å². The maximum Gasteiger partial charge on any atom is 0.146 e. The average Bonchev–Trinajstić information content (AvgIpc) is 2.25. The molecule has 1 aromatic carbocycles. The molecule has 0 fully saturated rings. The maximum absolute atomic E-state index is 13.9. The number of para-hydroxylation sites is 1. The van der Waals surface area contributed by atoms with Gasteiger partial charge in [-0.25, -0.2) is 4.39 Å².